The van der Waals surface area contributed by atoms with Crippen LogP contribution in [-0.4, -0.2) is 219 Å². The zero-order valence-corrected chi connectivity index (χ0v) is 34.1. The molecule has 1 unspecified atom stereocenters. The molecular weight excluding hydrogens is 783 g/mol. The summed E-state index contributed by atoms with van der Waals surface area (Å²) in [5.74, 6) is -4.30. The maximum absolute atomic E-state index is 12.0. The molecule has 0 aliphatic carbocycles. The Balaban J connectivity index is 1.86. The van der Waals surface area contributed by atoms with Crippen LogP contribution in [0.1, 0.15) is 18.9 Å². The standard InChI is InChI=1S/C37H61N7O13S/c1-2-38-32(45)7-15-54-17-19-56-21-22-57-20-18-55-16-8-39-37(58)40-30-5-3-29(4-6-30)23-31-24-43(27-35(50)51)12-11-41(25-33(46)47)9-10-42(26-34(48)49)13-14-44(31)28-36(52)53/h3-6,31H,2,7-28H2,1H3,(H,38,45)(H,46,47)(H,48,49)(H,50,51)(H,52,53)(H2,39,40,58). The fourth-order valence-corrected chi connectivity index (χ4v) is 6.20. The molecule has 1 amide bonds. The van der Waals surface area contributed by atoms with E-state index >= 15 is 0 Å². The van der Waals surface area contributed by atoms with Crippen molar-refractivity contribution in [2.45, 2.75) is 25.8 Å². The SMILES string of the molecule is CCNC(=O)CCOCCOCCOCCOCCNC(=S)Nc1ccc(CC2CN(CC(=O)O)CCN(CC(=O)O)CCN(CC(=O)O)CCN2CC(=O)O)cc1. The lowest BCUT2D eigenvalue weighted by Crippen LogP contribution is -2.53. The first-order chi connectivity index (χ1) is 27.8. The summed E-state index contributed by atoms with van der Waals surface area (Å²) in [5.41, 5.74) is 1.56. The van der Waals surface area contributed by atoms with Crippen LogP contribution in [0.2, 0.25) is 0 Å². The van der Waals surface area contributed by atoms with Crippen LogP contribution >= 0.6 is 12.2 Å². The lowest BCUT2D eigenvalue weighted by molar-refractivity contribution is -0.142. The summed E-state index contributed by atoms with van der Waals surface area (Å²) in [6.45, 7) is 6.34. The molecule has 20 nitrogen and oxygen atoms in total. The Morgan fingerprint density at radius 2 is 1.10 bits per heavy atom. The third-order valence-corrected chi connectivity index (χ3v) is 8.99. The lowest BCUT2D eigenvalue weighted by atomic mass is 10.0. The number of thiocarbonyl (C=S) groups is 1. The van der Waals surface area contributed by atoms with E-state index < -0.39 is 29.9 Å². The van der Waals surface area contributed by atoms with Gasteiger partial charge in [-0.05, 0) is 43.3 Å². The minimum atomic E-state index is -1.08. The summed E-state index contributed by atoms with van der Waals surface area (Å²) in [7, 11) is 0. The van der Waals surface area contributed by atoms with Gasteiger partial charge in [0.05, 0.1) is 79.0 Å². The van der Waals surface area contributed by atoms with Gasteiger partial charge in [-0.2, -0.15) is 0 Å². The number of hydrogen-bond donors (Lipinski definition) is 7. The normalized spacial score (nSPS) is 16.5. The van der Waals surface area contributed by atoms with Crippen LogP contribution in [0.3, 0.4) is 0 Å². The second-order valence-corrected chi connectivity index (χ2v) is 13.8. The van der Waals surface area contributed by atoms with Gasteiger partial charge >= 0.3 is 23.9 Å². The van der Waals surface area contributed by atoms with Crippen LogP contribution in [-0.2, 0) is 49.3 Å². The van der Waals surface area contributed by atoms with Gasteiger partial charge in [0.1, 0.15) is 0 Å². The highest BCUT2D eigenvalue weighted by Crippen LogP contribution is 2.16. The van der Waals surface area contributed by atoms with Crippen molar-refractivity contribution in [1.82, 2.24) is 30.2 Å². The number of anilines is 1. The van der Waals surface area contributed by atoms with Crippen molar-refractivity contribution in [3.8, 4) is 0 Å². The van der Waals surface area contributed by atoms with E-state index in [1.807, 2.05) is 31.2 Å². The lowest BCUT2D eigenvalue weighted by Gasteiger charge is -2.37. The molecule has 1 heterocycles. The zero-order chi connectivity index (χ0) is 42.5. The smallest absolute Gasteiger partial charge is 0.317 e. The van der Waals surface area contributed by atoms with Gasteiger partial charge in [0.15, 0.2) is 5.11 Å². The highest BCUT2D eigenvalue weighted by Gasteiger charge is 2.27. The average Bonchev–Trinajstić information content (AvgIpc) is 3.15. The van der Waals surface area contributed by atoms with Crippen LogP contribution < -0.4 is 16.0 Å². The Morgan fingerprint density at radius 3 is 1.62 bits per heavy atom. The summed E-state index contributed by atoms with van der Waals surface area (Å²) < 4.78 is 21.9. The summed E-state index contributed by atoms with van der Waals surface area (Å²) in [6.07, 6.45) is 0.682. The number of ether oxygens (including phenoxy) is 4. The van der Waals surface area contributed by atoms with E-state index in [0.717, 1.165) is 5.56 Å². The maximum atomic E-state index is 12.0. The molecule has 0 saturated carbocycles. The van der Waals surface area contributed by atoms with E-state index in [0.29, 0.717) is 89.6 Å². The number of hydrogen-bond acceptors (Lipinski definition) is 14. The molecule has 328 valence electrons. The Kier molecular flexibility index (Phi) is 25.9. The molecule has 7 N–H and O–H groups in total. The molecule has 1 aliphatic heterocycles. The van der Waals surface area contributed by atoms with Gasteiger partial charge in [-0.15, -0.1) is 0 Å². The van der Waals surface area contributed by atoms with E-state index in [1.54, 1.807) is 19.6 Å². The third-order valence-electron chi connectivity index (χ3n) is 8.75. The van der Waals surface area contributed by atoms with Crippen LogP contribution in [0.5, 0.6) is 0 Å². The molecule has 2 rings (SSSR count). The van der Waals surface area contributed by atoms with Gasteiger partial charge in [-0.1, -0.05) is 12.1 Å². The number of carboxylic acids is 4. The monoisotopic (exact) mass is 843 g/mol. The van der Waals surface area contributed by atoms with E-state index in [-0.39, 0.29) is 77.9 Å². The Morgan fingerprint density at radius 1 is 0.638 bits per heavy atom. The minimum absolute atomic E-state index is 0.0353. The summed E-state index contributed by atoms with van der Waals surface area (Å²) >= 11 is 5.42. The predicted octanol–water partition coefficient (Wildman–Crippen LogP) is -0.963. The predicted molar refractivity (Wildman–Crippen MR) is 216 cm³/mol. The number of rotatable bonds is 27. The Hall–Kier alpha value is -4.06. The van der Waals surface area contributed by atoms with Crippen molar-refractivity contribution < 1.29 is 63.3 Å². The maximum Gasteiger partial charge on any atom is 0.317 e. The number of nitrogens with zero attached hydrogens (tertiary/aromatic N) is 4. The van der Waals surface area contributed by atoms with Gasteiger partial charge in [-0.25, -0.2) is 0 Å². The number of benzene rings is 1. The molecule has 0 bridgehead atoms. The zero-order valence-electron chi connectivity index (χ0n) is 33.3. The van der Waals surface area contributed by atoms with Crippen molar-refractivity contribution >= 4 is 52.8 Å². The summed E-state index contributed by atoms with van der Waals surface area (Å²) in [5, 5.41) is 47.8. The van der Waals surface area contributed by atoms with Crippen LogP contribution in [0, 0.1) is 0 Å². The van der Waals surface area contributed by atoms with E-state index in [9.17, 15) is 44.4 Å². The van der Waals surface area contributed by atoms with Gasteiger partial charge in [0.25, 0.3) is 0 Å². The number of aliphatic carboxylic acids is 4. The van der Waals surface area contributed by atoms with Crippen LogP contribution in [0.4, 0.5) is 5.69 Å². The van der Waals surface area contributed by atoms with E-state index in [1.165, 1.54) is 0 Å². The van der Waals surface area contributed by atoms with Crippen LogP contribution in [0.25, 0.3) is 0 Å². The van der Waals surface area contributed by atoms with Crippen molar-refractivity contribution in [3.05, 3.63) is 29.8 Å². The number of carboxylic acid groups (broad SMARTS) is 4. The fourth-order valence-electron chi connectivity index (χ4n) is 5.98. The molecular formula is C37H61N7O13S. The number of carbonyl (C=O) groups excluding carboxylic acids is 1. The molecule has 0 radical (unpaired) electrons. The Labute approximate surface area is 344 Å². The quantitative estimate of drug-likeness (QED) is 0.0416. The molecule has 1 aromatic carbocycles. The number of amides is 1. The Bertz CT molecular complexity index is 1400. The molecule has 21 heteroatoms. The van der Waals surface area contributed by atoms with E-state index in [2.05, 4.69) is 16.0 Å². The molecule has 1 atom stereocenters. The molecule has 0 aromatic heterocycles. The van der Waals surface area contributed by atoms with Gasteiger partial charge < -0.3 is 55.3 Å². The molecule has 1 fully saturated rings. The molecule has 1 saturated heterocycles. The second-order valence-electron chi connectivity index (χ2n) is 13.4. The molecule has 58 heavy (non-hydrogen) atoms. The van der Waals surface area contributed by atoms with E-state index in [4.69, 9.17) is 31.2 Å². The molecule has 0 spiro atoms. The van der Waals surface area contributed by atoms with Crippen molar-refractivity contribution in [3.63, 3.8) is 0 Å². The minimum Gasteiger partial charge on any atom is -0.480 e. The van der Waals surface area contributed by atoms with Gasteiger partial charge in [-0.3, -0.25) is 43.6 Å². The first-order valence-corrected chi connectivity index (χ1v) is 19.7. The topological polar surface area (TPSA) is 252 Å². The van der Waals surface area contributed by atoms with Crippen molar-refractivity contribution in [1.29, 1.82) is 0 Å². The highest BCUT2D eigenvalue weighted by molar-refractivity contribution is 7.80. The first kappa shape index (κ1) is 50.1. The fraction of sp³-hybridized carbons (Fsp3) is 0.676. The summed E-state index contributed by atoms with van der Waals surface area (Å²) in [6, 6.07) is 6.91. The average molecular weight is 844 g/mol. The van der Waals surface area contributed by atoms with Crippen molar-refractivity contribution in [2.24, 2.45) is 0 Å². The third kappa shape index (κ3) is 24.7. The van der Waals surface area contributed by atoms with Crippen LogP contribution in [0.15, 0.2) is 24.3 Å². The number of carbonyl (C=O) groups is 5. The van der Waals surface area contributed by atoms with Gasteiger partial charge in [0, 0.05) is 77.1 Å². The summed E-state index contributed by atoms with van der Waals surface area (Å²) in [4.78, 5) is 65.1. The van der Waals surface area contributed by atoms with Crippen molar-refractivity contribution in [2.75, 3.05) is 143 Å². The largest absolute Gasteiger partial charge is 0.480 e. The number of nitrogens with one attached hydrogen (secondary N) is 3. The first-order valence-electron chi connectivity index (χ1n) is 19.3. The second kappa shape index (κ2) is 30.1. The molecule has 1 aliphatic rings. The molecule has 1 aromatic rings. The van der Waals surface area contributed by atoms with Gasteiger partial charge in [0.2, 0.25) is 5.91 Å². The highest BCUT2D eigenvalue weighted by atomic mass is 32.1.